The third kappa shape index (κ3) is 5.52. The summed E-state index contributed by atoms with van der Waals surface area (Å²) in [5.41, 5.74) is 5.90. The number of unbranched alkanes of at least 4 members (excludes halogenated alkanes) is 3. The number of nitrogens with zero attached hydrogens (tertiary/aromatic N) is 3. The number of likely N-dealkylation sites (N-methyl/N-ethyl adjacent to an activating group) is 1. The first-order valence-corrected chi connectivity index (χ1v) is 12.6. The smallest absolute Gasteiger partial charge is 0.254 e. The zero-order chi connectivity index (χ0) is 23.2. The number of benzene rings is 2. The Morgan fingerprint density at radius 3 is 2.36 bits per heavy atom. The van der Waals surface area contributed by atoms with Crippen LogP contribution in [-0.4, -0.2) is 62.6 Å². The molecule has 0 saturated carbocycles. The van der Waals surface area contributed by atoms with Crippen LogP contribution in [0.2, 0.25) is 0 Å². The maximum atomic E-state index is 13.4. The first-order chi connectivity index (χ1) is 16.1. The van der Waals surface area contributed by atoms with Crippen molar-refractivity contribution in [1.82, 2.24) is 9.80 Å². The molecule has 0 atom stereocenters. The topological polar surface area (TPSA) is 36.0 Å². The first-order valence-electron chi connectivity index (χ1n) is 12.6. The largest absolute Gasteiger partial charge is 0.496 e. The van der Waals surface area contributed by atoms with Gasteiger partial charge in [-0.25, -0.2) is 0 Å². The molecule has 0 aromatic heterocycles. The summed E-state index contributed by atoms with van der Waals surface area (Å²) in [6, 6.07) is 12.6. The highest BCUT2D eigenvalue weighted by atomic mass is 16.5. The van der Waals surface area contributed by atoms with Gasteiger partial charge in [0, 0.05) is 61.6 Å². The Morgan fingerprint density at radius 2 is 1.67 bits per heavy atom. The molecule has 2 aliphatic rings. The molecule has 1 fully saturated rings. The van der Waals surface area contributed by atoms with Gasteiger partial charge in [-0.3, -0.25) is 4.79 Å². The lowest BCUT2D eigenvalue weighted by molar-refractivity contribution is 0.0734. The van der Waals surface area contributed by atoms with Crippen molar-refractivity contribution in [3.63, 3.8) is 0 Å². The molecule has 5 heteroatoms. The highest BCUT2D eigenvalue weighted by Crippen LogP contribution is 2.36. The van der Waals surface area contributed by atoms with E-state index in [4.69, 9.17) is 4.74 Å². The minimum absolute atomic E-state index is 0.130. The third-order valence-electron chi connectivity index (χ3n) is 7.22. The number of carbonyl (C=O) groups is 1. The summed E-state index contributed by atoms with van der Waals surface area (Å²) in [7, 11) is 3.92. The van der Waals surface area contributed by atoms with Gasteiger partial charge in [-0.1, -0.05) is 38.3 Å². The predicted molar refractivity (Wildman–Crippen MR) is 135 cm³/mol. The van der Waals surface area contributed by atoms with Gasteiger partial charge in [0.15, 0.2) is 0 Å². The van der Waals surface area contributed by atoms with Crippen molar-refractivity contribution in [2.75, 3.05) is 51.8 Å². The van der Waals surface area contributed by atoms with E-state index in [-0.39, 0.29) is 5.91 Å². The van der Waals surface area contributed by atoms with E-state index in [1.54, 1.807) is 7.11 Å². The van der Waals surface area contributed by atoms with E-state index in [9.17, 15) is 4.79 Å². The van der Waals surface area contributed by atoms with Crippen LogP contribution in [0.3, 0.4) is 0 Å². The number of rotatable bonds is 8. The first kappa shape index (κ1) is 23.6. The fourth-order valence-electron chi connectivity index (χ4n) is 5.09. The molecule has 5 nitrogen and oxygen atoms in total. The van der Waals surface area contributed by atoms with Crippen molar-refractivity contribution in [1.29, 1.82) is 0 Å². The highest BCUT2D eigenvalue weighted by Gasteiger charge is 2.28. The Morgan fingerprint density at radius 1 is 0.909 bits per heavy atom. The van der Waals surface area contributed by atoms with Crippen LogP contribution >= 0.6 is 0 Å². The second kappa shape index (κ2) is 11.1. The van der Waals surface area contributed by atoms with Crippen LogP contribution in [0.25, 0.3) is 0 Å². The number of aryl methyl sites for hydroxylation is 1. The van der Waals surface area contributed by atoms with E-state index in [0.717, 1.165) is 56.9 Å². The van der Waals surface area contributed by atoms with Crippen LogP contribution in [0.4, 0.5) is 5.69 Å². The normalized spacial score (nSPS) is 16.6. The molecular formula is C28H39N3O2. The molecule has 0 aliphatic carbocycles. The van der Waals surface area contributed by atoms with E-state index in [1.165, 1.54) is 48.1 Å². The van der Waals surface area contributed by atoms with Gasteiger partial charge in [-0.2, -0.15) is 0 Å². The predicted octanol–water partition coefficient (Wildman–Crippen LogP) is 4.77. The summed E-state index contributed by atoms with van der Waals surface area (Å²) in [6.45, 7) is 7.77. The van der Waals surface area contributed by atoms with Crippen LogP contribution in [0.1, 0.15) is 59.7 Å². The third-order valence-corrected chi connectivity index (χ3v) is 7.22. The number of amides is 1. The van der Waals surface area contributed by atoms with E-state index in [0.29, 0.717) is 6.54 Å². The lowest BCUT2D eigenvalue weighted by Gasteiger charge is -2.38. The Kier molecular flexibility index (Phi) is 7.92. The minimum atomic E-state index is 0.130. The number of hydrogen-bond donors (Lipinski definition) is 0. The number of methoxy groups -OCH3 is 1. The fourth-order valence-corrected chi connectivity index (χ4v) is 5.09. The van der Waals surface area contributed by atoms with Crippen molar-refractivity contribution in [2.24, 2.45) is 0 Å². The SMILES string of the molecule is CCCCCCc1ccc(C(=O)N2CCc3c(OC)ccc(N4CCN(C)CC4)c3C2)cc1. The maximum absolute atomic E-state index is 13.4. The van der Waals surface area contributed by atoms with Crippen LogP contribution in [-0.2, 0) is 19.4 Å². The number of ether oxygens (including phenoxy) is 1. The summed E-state index contributed by atoms with van der Waals surface area (Å²) in [5.74, 6) is 1.08. The van der Waals surface area contributed by atoms with E-state index in [2.05, 4.69) is 48.0 Å². The Labute approximate surface area is 199 Å². The Bertz CT molecular complexity index is 933. The van der Waals surface area contributed by atoms with E-state index < -0.39 is 0 Å². The van der Waals surface area contributed by atoms with Crippen molar-refractivity contribution in [2.45, 2.75) is 52.0 Å². The van der Waals surface area contributed by atoms with Gasteiger partial charge in [0.05, 0.1) is 7.11 Å². The standard InChI is InChI=1S/C28H39N3O2/c1-4-5-6-7-8-22-9-11-23(12-10-22)28(32)31-16-15-24-25(21-31)26(13-14-27(24)33-3)30-19-17-29(2)18-20-30/h9-14H,4-8,15-21H2,1-3H3. The number of anilines is 1. The molecule has 2 heterocycles. The number of carbonyl (C=O) groups excluding carboxylic acids is 1. The quantitative estimate of drug-likeness (QED) is 0.544. The van der Waals surface area contributed by atoms with Crippen LogP contribution in [0.15, 0.2) is 36.4 Å². The molecule has 2 aromatic rings. The van der Waals surface area contributed by atoms with Crippen LogP contribution in [0, 0.1) is 0 Å². The summed E-state index contributed by atoms with van der Waals surface area (Å²) in [6.07, 6.45) is 6.99. The second-order valence-corrected chi connectivity index (χ2v) is 9.52. The van der Waals surface area contributed by atoms with Gasteiger partial charge >= 0.3 is 0 Å². The van der Waals surface area contributed by atoms with Gasteiger partial charge in [0.25, 0.3) is 5.91 Å². The van der Waals surface area contributed by atoms with Crippen LogP contribution < -0.4 is 9.64 Å². The lowest BCUT2D eigenvalue weighted by Crippen LogP contribution is -2.45. The monoisotopic (exact) mass is 449 g/mol. The number of piperazine rings is 1. The summed E-state index contributed by atoms with van der Waals surface area (Å²) in [4.78, 5) is 20.2. The molecular weight excluding hydrogens is 410 g/mol. The molecule has 1 saturated heterocycles. The van der Waals surface area contributed by atoms with Gasteiger partial charge < -0.3 is 19.4 Å². The van der Waals surface area contributed by atoms with Gasteiger partial charge in [-0.05, 0) is 56.1 Å². The zero-order valence-electron chi connectivity index (χ0n) is 20.6. The Balaban J connectivity index is 1.48. The van der Waals surface area contributed by atoms with Crippen molar-refractivity contribution < 1.29 is 9.53 Å². The molecule has 0 N–H and O–H groups in total. The number of hydrogen-bond acceptors (Lipinski definition) is 4. The lowest BCUT2D eigenvalue weighted by atomic mass is 9.95. The molecule has 2 aliphatic heterocycles. The summed E-state index contributed by atoms with van der Waals surface area (Å²) < 4.78 is 5.68. The zero-order valence-corrected chi connectivity index (χ0v) is 20.6. The minimum Gasteiger partial charge on any atom is -0.496 e. The van der Waals surface area contributed by atoms with Crippen molar-refractivity contribution >= 4 is 11.6 Å². The van der Waals surface area contributed by atoms with E-state index >= 15 is 0 Å². The maximum Gasteiger partial charge on any atom is 0.254 e. The molecule has 33 heavy (non-hydrogen) atoms. The number of fused-ring (bicyclic) bond motifs is 1. The molecule has 2 aromatic carbocycles. The summed E-state index contributed by atoms with van der Waals surface area (Å²) in [5, 5.41) is 0. The molecule has 1 amide bonds. The molecule has 0 unspecified atom stereocenters. The second-order valence-electron chi connectivity index (χ2n) is 9.52. The van der Waals surface area contributed by atoms with Gasteiger partial charge in [0.2, 0.25) is 0 Å². The molecule has 0 bridgehead atoms. The van der Waals surface area contributed by atoms with Crippen molar-refractivity contribution in [3.05, 3.63) is 58.7 Å². The van der Waals surface area contributed by atoms with Gasteiger partial charge in [0.1, 0.15) is 5.75 Å². The summed E-state index contributed by atoms with van der Waals surface area (Å²) >= 11 is 0. The molecule has 178 valence electrons. The van der Waals surface area contributed by atoms with Gasteiger partial charge in [-0.15, -0.1) is 0 Å². The van der Waals surface area contributed by atoms with E-state index in [1.807, 2.05) is 17.0 Å². The van der Waals surface area contributed by atoms with Crippen molar-refractivity contribution in [3.8, 4) is 5.75 Å². The average Bonchev–Trinajstić information content (AvgIpc) is 2.86. The molecule has 0 spiro atoms. The van der Waals surface area contributed by atoms with Crippen LogP contribution in [0.5, 0.6) is 5.75 Å². The average molecular weight is 450 g/mol. The Hall–Kier alpha value is -2.53. The molecule has 4 rings (SSSR count). The fraction of sp³-hybridized carbons (Fsp3) is 0.536. The molecule has 0 radical (unpaired) electrons. The highest BCUT2D eigenvalue weighted by molar-refractivity contribution is 5.94.